The number of benzene rings is 1. The lowest BCUT2D eigenvalue weighted by molar-refractivity contribution is 0.0249. The number of aliphatic hydroxyl groups is 1. The van der Waals surface area contributed by atoms with E-state index < -0.39 is 17.7 Å². The van der Waals surface area contributed by atoms with Crippen LogP contribution < -0.4 is 0 Å². The van der Waals surface area contributed by atoms with E-state index in [-0.39, 0.29) is 35.2 Å². The average molecular weight is 335 g/mol. The highest BCUT2D eigenvalue weighted by Crippen LogP contribution is 2.27. The van der Waals surface area contributed by atoms with E-state index in [1.807, 2.05) is 6.92 Å². The molecule has 2 aromatic rings. The van der Waals surface area contributed by atoms with Crippen LogP contribution in [0.2, 0.25) is 0 Å². The van der Waals surface area contributed by atoms with Gasteiger partial charge in [-0.1, -0.05) is 6.92 Å². The summed E-state index contributed by atoms with van der Waals surface area (Å²) in [4.78, 5) is 14.4. The van der Waals surface area contributed by atoms with Crippen LogP contribution in [0.5, 0.6) is 0 Å². The first-order valence-electron chi connectivity index (χ1n) is 7.83. The summed E-state index contributed by atoms with van der Waals surface area (Å²) >= 11 is 0. The van der Waals surface area contributed by atoms with Gasteiger partial charge in [0.25, 0.3) is 5.91 Å². The van der Waals surface area contributed by atoms with Crippen molar-refractivity contribution in [2.75, 3.05) is 13.1 Å². The van der Waals surface area contributed by atoms with Gasteiger partial charge in [-0.2, -0.15) is 5.10 Å². The van der Waals surface area contributed by atoms with E-state index in [1.54, 1.807) is 11.9 Å². The molecule has 0 spiro atoms. The Hall–Kier alpha value is -2.28. The predicted molar refractivity (Wildman–Crippen MR) is 84.3 cm³/mol. The zero-order valence-electron chi connectivity index (χ0n) is 13.5. The molecule has 0 aliphatic carbocycles. The van der Waals surface area contributed by atoms with Crippen molar-refractivity contribution in [3.63, 3.8) is 0 Å². The van der Waals surface area contributed by atoms with Gasteiger partial charge in [-0.15, -0.1) is 0 Å². The second-order valence-electron chi connectivity index (χ2n) is 6.27. The standard InChI is InChI=1S/C17H19F2N3O2/c1-10-5-6-22(9-15(10)23)17(24)13-8-21(2)20-16(13)12-4-3-11(18)7-14(12)19/h3-4,7-8,10,15,23H,5-6,9H2,1-2H3. The molecule has 1 aromatic heterocycles. The highest BCUT2D eigenvalue weighted by Gasteiger charge is 2.30. The molecule has 1 fully saturated rings. The van der Waals surface area contributed by atoms with Crippen LogP contribution in [0.25, 0.3) is 11.3 Å². The maximum Gasteiger partial charge on any atom is 0.257 e. The molecule has 2 unspecified atom stereocenters. The van der Waals surface area contributed by atoms with Crippen LogP contribution >= 0.6 is 0 Å². The van der Waals surface area contributed by atoms with Crippen LogP contribution in [0, 0.1) is 17.6 Å². The third-order valence-corrected chi connectivity index (χ3v) is 4.45. The summed E-state index contributed by atoms with van der Waals surface area (Å²) < 4.78 is 28.6. The maximum atomic E-state index is 14.1. The van der Waals surface area contributed by atoms with Crippen LogP contribution in [0.1, 0.15) is 23.7 Å². The minimum atomic E-state index is -0.768. The summed E-state index contributed by atoms with van der Waals surface area (Å²) in [5, 5.41) is 14.2. The van der Waals surface area contributed by atoms with Gasteiger partial charge in [-0.05, 0) is 24.5 Å². The van der Waals surface area contributed by atoms with E-state index in [0.717, 1.165) is 12.1 Å². The molecule has 1 N–H and O–H groups in total. The zero-order valence-corrected chi connectivity index (χ0v) is 13.5. The summed E-state index contributed by atoms with van der Waals surface area (Å²) in [5.74, 6) is -1.63. The fourth-order valence-corrected chi connectivity index (χ4v) is 2.93. The summed E-state index contributed by atoms with van der Waals surface area (Å²) in [6.45, 7) is 2.70. The Morgan fingerprint density at radius 2 is 2.12 bits per heavy atom. The van der Waals surface area contributed by atoms with Gasteiger partial charge in [0, 0.05) is 38.0 Å². The van der Waals surface area contributed by atoms with Gasteiger partial charge in [-0.3, -0.25) is 9.48 Å². The first-order valence-corrected chi connectivity index (χ1v) is 7.83. The number of aromatic nitrogens is 2. The van der Waals surface area contributed by atoms with Gasteiger partial charge in [-0.25, -0.2) is 8.78 Å². The van der Waals surface area contributed by atoms with Crippen molar-refractivity contribution in [2.45, 2.75) is 19.4 Å². The van der Waals surface area contributed by atoms with Crippen LogP contribution in [-0.4, -0.2) is 44.9 Å². The number of nitrogens with zero attached hydrogens (tertiary/aromatic N) is 3. The molecule has 1 amide bonds. The molecule has 0 bridgehead atoms. The average Bonchev–Trinajstić information content (AvgIpc) is 2.91. The number of hydrogen-bond acceptors (Lipinski definition) is 3. The van der Waals surface area contributed by atoms with Crippen molar-refractivity contribution in [3.05, 3.63) is 41.6 Å². The number of halogens is 2. The normalized spacial score (nSPS) is 21.1. The highest BCUT2D eigenvalue weighted by molar-refractivity contribution is 6.00. The monoisotopic (exact) mass is 335 g/mol. The highest BCUT2D eigenvalue weighted by atomic mass is 19.1. The van der Waals surface area contributed by atoms with Gasteiger partial charge in [0.05, 0.1) is 11.7 Å². The van der Waals surface area contributed by atoms with Gasteiger partial charge in [0.2, 0.25) is 0 Å². The predicted octanol–water partition coefficient (Wildman–Crippen LogP) is 2.21. The maximum absolute atomic E-state index is 14.1. The molecule has 7 heteroatoms. The molecule has 2 atom stereocenters. The van der Waals surface area contributed by atoms with Crippen molar-refractivity contribution >= 4 is 5.91 Å². The molecule has 0 saturated carbocycles. The molecule has 0 radical (unpaired) electrons. The lowest BCUT2D eigenvalue weighted by Gasteiger charge is -2.34. The number of hydrogen-bond donors (Lipinski definition) is 1. The largest absolute Gasteiger partial charge is 0.391 e. The van der Waals surface area contributed by atoms with Crippen LogP contribution in [0.4, 0.5) is 8.78 Å². The van der Waals surface area contributed by atoms with E-state index in [1.165, 1.54) is 16.9 Å². The molecule has 1 aliphatic rings. The summed E-state index contributed by atoms with van der Waals surface area (Å²) in [6.07, 6.45) is 1.64. The van der Waals surface area contributed by atoms with Crippen molar-refractivity contribution in [2.24, 2.45) is 13.0 Å². The van der Waals surface area contributed by atoms with Crippen molar-refractivity contribution in [1.29, 1.82) is 0 Å². The lowest BCUT2D eigenvalue weighted by Crippen LogP contribution is -2.45. The quantitative estimate of drug-likeness (QED) is 0.915. The van der Waals surface area contributed by atoms with Gasteiger partial charge >= 0.3 is 0 Å². The molecular formula is C17H19F2N3O2. The fourth-order valence-electron chi connectivity index (χ4n) is 2.93. The third-order valence-electron chi connectivity index (χ3n) is 4.45. The first kappa shape index (κ1) is 16.6. The molecule has 1 aliphatic heterocycles. The van der Waals surface area contributed by atoms with E-state index in [9.17, 15) is 18.7 Å². The Kier molecular flexibility index (Phi) is 4.36. The summed E-state index contributed by atoms with van der Waals surface area (Å²) in [5.41, 5.74) is 0.490. The number of carbonyl (C=O) groups is 1. The summed E-state index contributed by atoms with van der Waals surface area (Å²) in [6, 6.07) is 3.18. The number of carbonyl (C=O) groups excluding carboxylic acids is 1. The van der Waals surface area contributed by atoms with Crippen LogP contribution in [-0.2, 0) is 7.05 Å². The minimum absolute atomic E-state index is 0.0753. The molecule has 2 heterocycles. The van der Waals surface area contributed by atoms with E-state index in [4.69, 9.17) is 0 Å². The van der Waals surface area contributed by atoms with Crippen molar-refractivity contribution in [1.82, 2.24) is 14.7 Å². The minimum Gasteiger partial charge on any atom is -0.391 e. The second-order valence-corrected chi connectivity index (χ2v) is 6.27. The first-order chi connectivity index (χ1) is 11.4. The van der Waals surface area contributed by atoms with E-state index >= 15 is 0 Å². The molecular weight excluding hydrogens is 316 g/mol. The summed E-state index contributed by atoms with van der Waals surface area (Å²) in [7, 11) is 1.63. The topological polar surface area (TPSA) is 58.4 Å². The molecule has 1 saturated heterocycles. The molecule has 24 heavy (non-hydrogen) atoms. The van der Waals surface area contributed by atoms with Crippen LogP contribution in [0.3, 0.4) is 0 Å². The number of piperidine rings is 1. The Balaban J connectivity index is 1.96. The zero-order chi connectivity index (χ0) is 17.4. The number of β-amino-alcohol motifs (C(OH)–C–C–N with tert-alkyl or cyclic N) is 1. The number of rotatable bonds is 2. The van der Waals surface area contributed by atoms with E-state index in [0.29, 0.717) is 13.0 Å². The molecule has 3 rings (SSSR count). The second kappa shape index (κ2) is 6.32. The van der Waals surface area contributed by atoms with Gasteiger partial charge in [0.15, 0.2) is 0 Å². The number of amides is 1. The number of aryl methyl sites for hydroxylation is 1. The third kappa shape index (κ3) is 3.03. The van der Waals surface area contributed by atoms with Gasteiger partial charge in [0.1, 0.15) is 17.3 Å². The number of aliphatic hydroxyl groups excluding tert-OH is 1. The Bertz CT molecular complexity index is 775. The van der Waals surface area contributed by atoms with Gasteiger partial charge < -0.3 is 10.0 Å². The molecule has 1 aromatic carbocycles. The number of likely N-dealkylation sites (tertiary alicyclic amines) is 1. The lowest BCUT2D eigenvalue weighted by atomic mass is 9.95. The van der Waals surface area contributed by atoms with Crippen molar-refractivity contribution in [3.8, 4) is 11.3 Å². The Morgan fingerprint density at radius 3 is 2.79 bits per heavy atom. The van der Waals surface area contributed by atoms with Crippen molar-refractivity contribution < 1.29 is 18.7 Å². The molecule has 128 valence electrons. The van der Waals surface area contributed by atoms with E-state index in [2.05, 4.69) is 5.10 Å². The van der Waals surface area contributed by atoms with Crippen LogP contribution in [0.15, 0.2) is 24.4 Å². The Morgan fingerprint density at radius 1 is 1.38 bits per heavy atom. The fraction of sp³-hybridized carbons (Fsp3) is 0.412. The smallest absolute Gasteiger partial charge is 0.257 e. The Labute approximate surface area is 138 Å². The molecule has 5 nitrogen and oxygen atoms in total. The SMILES string of the molecule is CC1CCN(C(=O)c2cn(C)nc2-c2ccc(F)cc2F)CC1O.